The van der Waals surface area contributed by atoms with Crippen LogP contribution in [-0.4, -0.2) is 40.5 Å². The molecule has 1 aliphatic rings. The summed E-state index contributed by atoms with van der Waals surface area (Å²) in [5, 5.41) is 0. The van der Waals surface area contributed by atoms with Crippen LogP contribution in [0.1, 0.15) is 6.42 Å². The fourth-order valence-electron chi connectivity index (χ4n) is 2.39. The summed E-state index contributed by atoms with van der Waals surface area (Å²) < 4.78 is 14.7. The highest BCUT2D eigenvalue weighted by Crippen LogP contribution is 2.27. The predicted molar refractivity (Wildman–Crippen MR) is 77.8 cm³/mol. The van der Waals surface area contributed by atoms with Crippen molar-refractivity contribution in [2.45, 2.75) is 18.6 Å². The van der Waals surface area contributed by atoms with Crippen LogP contribution in [0, 0.1) is 4.77 Å². The van der Waals surface area contributed by atoms with Crippen molar-refractivity contribution in [1.82, 2.24) is 14.5 Å². The molecule has 1 saturated heterocycles. The Morgan fingerprint density at radius 2 is 2.53 bits per heavy atom. The lowest BCUT2D eigenvalue weighted by Crippen LogP contribution is -2.37. The number of aromatic nitrogens is 3. The van der Waals surface area contributed by atoms with Gasteiger partial charge in [0.25, 0.3) is 0 Å². The van der Waals surface area contributed by atoms with Gasteiger partial charge in [-0.15, -0.1) is 0 Å². The standard InChI is InChI=1S/C12H14BrN3O2S/c1-17-12(2-3-18-7-12)6-16-10-9(15-11(16)19)4-8(13)5-14-10/h4-5H,2-3,6-7H2,1H3,(H,15,19). The van der Waals surface area contributed by atoms with E-state index in [1.54, 1.807) is 13.3 Å². The molecule has 19 heavy (non-hydrogen) atoms. The molecule has 1 N–H and O–H groups in total. The summed E-state index contributed by atoms with van der Waals surface area (Å²) in [6.07, 6.45) is 2.64. The number of nitrogens with one attached hydrogen (secondary N) is 1. The minimum Gasteiger partial charge on any atom is -0.378 e. The molecule has 3 rings (SSSR count). The summed E-state index contributed by atoms with van der Waals surface area (Å²) in [6, 6.07) is 1.97. The monoisotopic (exact) mass is 343 g/mol. The lowest BCUT2D eigenvalue weighted by Gasteiger charge is -2.26. The minimum atomic E-state index is -0.303. The largest absolute Gasteiger partial charge is 0.378 e. The van der Waals surface area contributed by atoms with E-state index in [4.69, 9.17) is 21.7 Å². The van der Waals surface area contributed by atoms with E-state index in [0.717, 1.165) is 28.7 Å². The van der Waals surface area contributed by atoms with Crippen LogP contribution in [0.5, 0.6) is 0 Å². The minimum absolute atomic E-state index is 0.303. The van der Waals surface area contributed by atoms with Crippen LogP contribution in [0.3, 0.4) is 0 Å². The van der Waals surface area contributed by atoms with Crippen LogP contribution < -0.4 is 0 Å². The van der Waals surface area contributed by atoms with Gasteiger partial charge in [0.1, 0.15) is 5.60 Å². The Bertz CT molecular complexity index is 661. The van der Waals surface area contributed by atoms with E-state index >= 15 is 0 Å². The summed E-state index contributed by atoms with van der Waals surface area (Å²) in [5.41, 5.74) is 1.46. The normalized spacial score (nSPS) is 23.3. The quantitative estimate of drug-likeness (QED) is 0.870. The molecular formula is C12H14BrN3O2S. The van der Waals surface area contributed by atoms with Crippen molar-refractivity contribution in [3.63, 3.8) is 0 Å². The molecule has 0 spiro atoms. The van der Waals surface area contributed by atoms with Gasteiger partial charge in [-0.3, -0.25) is 4.57 Å². The number of aromatic amines is 1. The van der Waals surface area contributed by atoms with Crippen LogP contribution in [0.4, 0.5) is 0 Å². The van der Waals surface area contributed by atoms with Crippen LogP contribution in [0.15, 0.2) is 16.7 Å². The molecule has 1 atom stereocenters. The summed E-state index contributed by atoms with van der Waals surface area (Å²) in [7, 11) is 1.72. The van der Waals surface area contributed by atoms with E-state index < -0.39 is 0 Å². The number of rotatable bonds is 3. The molecule has 2 aromatic heterocycles. The third kappa shape index (κ3) is 2.35. The molecule has 102 valence electrons. The Labute approximate surface area is 124 Å². The number of methoxy groups -OCH3 is 1. The van der Waals surface area contributed by atoms with Gasteiger partial charge in [-0.1, -0.05) is 0 Å². The average Bonchev–Trinajstić information content (AvgIpc) is 2.96. The number of nitrogens with zero attached hydrogens (tertiary/aromatic N) is 2. The molecule has 3 heterocycles. The Hall–Kier alpha value is -0.760. The first kappa shape index (κ1) is 13.2. The van der Waals surface area contributed by atoms with Gasteiger partial charge in [-0.05, 0) is 34.2 Å². The number of hydrogen-bond donors (Lipinski definition) is 1. The van der Waals surface area contributed by atoms with Gasteiger partial charge >= 0.3 is 0 Å². The number of H-pyrrole nitrogens is 1. The molecule has 7 heteroatoms. The third-order valence-electron chi connectivity index (χ3n) is 3.52. The fourth-order valence-corrected chi connectivity index (χ4v) is 2.98. The Balaban J connectivity index is 2.05. The maximum atomic E-state index is 5.66. The van der Waals surface area contributed by atoms with Crippen molar-refractivity contribution in [2.75, 3.05) is 20.3 Å². The smallest absolute Gasteiger partial charge is 0.179 e. The van der Waals surface area contributed by atoms with Gasteiger partial charge in [0, 0.05) is 30.8 Å². The highest BCUT2D eigenvalue weighted by Gasteiger charge is 2.36. The van der Waals surface area contributed by atoms with E-state index in [1.807, 2.05) is 10.6 Å². The van der Waals surface area contributed by atoms with Gasteiger partial charge in [0.05, 0.1) is 18.7 Å². The fraction of sp³-hybridized carbons (Fsp3) is 0.500. The lowest BCUT2D eigenvalue weighted by atomic mass is 10.0. The number of ether oxygens (including phenoxy) is 2. The Morgan fingerprint density at radius 1 is 1.68 bits per heavy atom. The lowest BCUT2D eigenvalue weighted by molar-refractivity contribution is -0.0290. The molecule has 0 radical (unpaired) electrons. The van der Waals surface area contributed by atoms with E-state index in [2.05, 4.69) is 25.9 Å². The van der Waals surface area contributed by atoms with Crippen molar-refractivity contribution in [3.05, 3.63) is 21.5 Å². The van der Waals surface area contributed by atoms with Crippen molar-refractivity contribution in [2.24, 2.45) is 0 Å². The maximum absolute atomic E-state index is 5.66. The zero-order valence-corrected chi connectivity index (χ0v) is 12.9. The number of hydrogen-bond acceptors (Lipinski definition) is 4. The van der Waals surface area contributed by atoms with Crippen LogP contribution in [0.25, 0.3) is 11.2 Å². The molecule has 0 saturated carbocycles. The molecule has 0 amide bonds. The number of fused-ring (bicyclic) bond motifs is 1. The first-order valence-electron chi connectivity index (χ1n) is 6.00. The molecule has 2 aromatic rings. The first-order valence-corrected chi connectivity index (χ1v) is 7.21. The highest BCUT2D eigenvalue weighted by atomic mass is 79.9. The van der Waals surface area contributed by atoms with Gasteiger partial charge in [-0.25, -0.2) is 4.98 Å². The van der Waals surface area contributed by atoms with Crippen molar-refractivity contribution < 1.29 is 9.47 Å². The van der Waals surface area contributed by atoms with Crippen LogP contribution >= 0.6 is 28.1 Å². The van der Waals surface area contributed by atoms with E-state index in [9.17, 15) is 0 Å². The van der Waals surface area contributed by atoms with E-state index in [1.165, 1.54) is 0 Å². The SMILES string of the molecule is COC1(Cn2c(=S)[nH]c3cc(Br)cnc32)CCOC1. The summed E-state index contributed by atoms with van der Waals surface area (Å²) >= 11 is 8.79. The van der Waals surface area contributed by atoms with Crippen molar-refractivity contribution in [1.29, 1.82) is 0 Å². The van der Waals surface area contributed by atoms with Crippen LogP contribution in [-0.2, 0) is 16.0 Å². The molecule has 0 aromatic carbocycles. The molecule has 1 unspecified atom stereocenters. The number of halogens is 1. The molecule has 5 nitrogen and oxygen atoms in total. The molecule has 0 aliphatic carbocycles. The second kappa shape index (κ2) is 4.97. The maximum Gasteiger partial charge on any atom is 0.179 e. The highest BCUT2D eigenvalue weighted by molar-refractivity contribution is 9.10. The summed E-state index contributed by atoms with van der Waals surface area (Å²) in [4.78, 5) is 7.60. The number of imidazole rings is 1. The average molecular weight is 344 g/mol. The van der Waals surface area contributed by atoms with Gasteiger partial charge in [0.2, 0.25) is 0 Å². The third-order valence-corrected chi connectivity index (χ3v) is 4.28. The topological polar surface area (TPSA) is 52.1 Å². The molecule has 0 bridgehead atoms. The van der Waals surface area contributed by atoms with Crippen molar-refractivity contribution in [3.8, 4) is 0 Å². The first-order chi connectivity index (χ1) is 9.13. The zero-order chi connectivity index (χ0) is 13.5. The zero-order valence-electron chi connectivity index (χ0n) is 10.5. The van der Waals surface area contributed by atoms with Gasteiger partial charge in [0.15, 0.2) is 10.4 Å². The van der Waals surface area contributed by atoms with Crippen molar-refractivity contribution >= 4 is 39.3 Å². The molecular weight excluding hydrogens is 330 g/mol. The summed E-state index contributed by atoms with van der Waals surface area (Å²) in [6.45, 7) is 1.97. The Kier molecular flexibility index (Phi) is 3.46. The van der Waals surface area contributed by atoms with Gasteiger partial charge < -0.3 is 14.5 Å². The second-order valence-electron chi connectivity index (χ2n) is 4.73. The van der Waals surface area contributed by atoms with E-state index in [-0.39, 0.29) is 5.60 Å². The number of pyridine rings is 1. The van der Waals surface area contributed by atoms with Crippen LogP contribution in [0.2, 0.25) is 0 Å². The van der Waals surface area contributed by atoms with Gasteiger partial charge in [-0.2, -0.15) is 0 Å². The second-order valence-corrected chi connectivity index (χ2v) is 6.03. The molecule has 1 fully saturated rings. The predicted octanol–water partition coefficient (Wildman–Crippen LogP) is 2.66. The van der Waals surface area contributed by atoms with E-state index in [0.29, 0.717) is 17.9 Å². The summed E-state index contributed by atoms with van der Waals surface area (Å²) in [5.74, 6) is 0. The molecule has 1 aliphatic heterocycles. The Morgan fingerprint density at radius 3 is 3.21 bits per heavy atom.